The largest absolute Gasteiger partial charge is 0.393 e. The van der Waals surface area contributed by atoms with Gasteiger partial charge >= 0.3 is 0 Å². The third-order valence-electron chi connectivity index (χ3n) is 3.88. The smallest absolute Gasteiger partial charge is 0.271 e. The van der Waals surface area contributed by atoms with Crippen LogP contribution in [0.2, 0.25) is 10.0 Å². The van der Waals surface area contributed by atoms with Gasteiger partial charge in [0.05, 0.1) is 16.7 Å². The van der Waals surface area contributed by atoms with Gasteiger partial charge in [-0.3, -0.25) is 15.6 Å². The van der Waals surface area contributed by atoms with Crippen LogP contribution in [0.3, 0.4) is 0 Å². The van der Waals surface area contributed by atoms with Gasteiger partial charge in [-0.15, -0.1) is 0 Å². The second-order valence-electron chi connectivity index (χ2n) is 5.70. The Hall–Kier alpha value is -2.29. The maximum absolute atomic E-state index is 12.2. The van der Waals surface area contributed by atoms with Gasteiger partial charge < -0.3 is 15.8 Å². The number of halogens is 2. The number of carbonyl (C=O) groups excluding carboxylic acids is 1. The van der Waals surface area contributed by atoms with Gasteiger partial charge in [-0.2, -0.15) is 0 Å². The summed E-state index contributed by atoms with van der Waals surface area (Å²) < 4.78 is 5.55. The Balaban J connectivity index is 1.62. The molecule has 1 aliphatic rings. The number of hydrazine groups is 1. The molecule has 1 saturated heterocycles. The lowest BCUT2D eigenvalue weighted by atomic mass is 10.2. The monoisotopic (exact) mass is 396 g/mol. The molecule has 2 aromatic rings. The van der Waals surface area contributed by atoms with Gasteiger partial charge in [-0.1, -0.05) is 23.2 Å². The summed E-state index contributed by atoms with van der Waals surface area (Å²) in [6, 6.07) is 4.60. The second kappa shape index (κ2) is 8.39. The van der Waals surface area contributed by atoms with Crippen LogP contribution in [0.25, 0.3) is 0 Å². The number of nitrogen functional groups attached to an aromatic ring is 1. The van der Waals surface area contributed by atoms with Crippen molar-refractivity contribution >= 4 is 46.4 Å². The minimum Gasteiger partial charge on any atom is -0.393 e. The minimum atomic E-state index is -0.446. The number of aromatic nitrogens is 2. The fourth-order valence-electron chi connectivity index (χ4n) is 2.51. The average molecular weight is 397 g/mol. The van der Waals surface area contributed by atoms with E-state index in [-0.39, 0.29) is 28.2 Å². The predicted octanol–water partition coefficient (Wildman–Crippen LogP) is 2.71. The van der Waals surface area contributed by atoms with E-state index in [9.17, 15) is 4.79 Å². The minimum absolute atomic E-state index is 0.146. The molecule has 5 N–H and O–H groups in total. The molecule has 3 rings (SSSR count). The molecule has 138 valence electrons. The van der Waals surface area contributed by atoms with Crippen LogP contribution in [0.15, 0.2) is 24.5 Å². The first kappa shape index (κ1) is 18.5. The van der Waals surface area contributed by atoms with Gasteiger partial charge in [-0.25, -0.2) is 9.97 Å². The molecule has 1 aromatic heterocycles. The van der Waals surface area contributed by atoms with Crippen LogP contribution in [-0.4, -0.2) is 35.1 Å². The Morgan fingerprint density at radius 3 is 2.85 bits per heavy atom. The number of nitrogens with one attached hydrogen (secondary N) is 3. The Morgan fingerprint density at radius 2 is 2.12 bits per heavy atom. The van der Waals surface area contributed by atoms with E-state index in [0.717, 1.165) is 19.4 Å². The van der Waals surface area contributed by atoms with Crippen molar-refractivity contribution in [3.8, 4) is 0 Å². The van der Waals surface area contributed by atoms with Crippen molar-refractivity contribution in [1.82, 2.24) is 15.4 Å². The number of hydrogen-bond acceptors (Lipinski definition) is 7. The molecule has 0 saturated carbocycles. The zero-order valence-corrected chi connectivity index (χ0v) is 15.3. The van der Waals surface area contributed by atoms with Crippen molar-refractivity contribution in [3.05, 3.63) is 40.1 Å². The number of ether oxygens (including phenoxy) is 1. The maximum atomic E-state index is 12.2. The van der Waals surface area contributed by atoms with Crippen LogP contribution < -0.4 is 21.9 Å². The quantitative estimate of drug-likeness (QED) is 0.554. The van der Waals surface area contributed by atoms with Gasteiger partial charge in [0.15, 0.2) is 11.6 Å². The van der Waals surface area contributed by atoms with Crippen molar-refractivity contribution in [2.75, 3.05) is 29.6 Å². The summed E-state index contributed by atoms with van der Waals surface area (Å²) in [6.45, 7) is 1.38. The molecule has 1 unspecified atom stereocenters. The molecule has 1 atom stereocenters. The fourth-order valence-corrected chi connectivity index (χ4v) is 3.00. The first-order valence-electron chi connectivity index (χ1n) is 8.02. The van der Waals surface area contributed by atoms with E-state index in [1.54, 1.807) is 6.07 Å². The van der Waals surface area contributed by atoms with Gasteiger partial charge in [-0.05, 0) is 31.0 Å². The Bertz CT molecular complexity index is 798. The van der Waals surface area contributed by atoms with Gasteiger partial charge in [0.2, 0.25) is 0 Å². The number of rotatable bonds is 6. The molecule has 1 amide bonds. The number of hydrogen-bond donors (Lipinski definition) is 4. The second-order valence-corrected chi connectivity index (χ2v) is 6.55. The van der Waals surface area contributed by atoms with E-state index in [1.165, 1.54) is 18.5 Å². The summed E-state index contributed by atoms with van der Waals surface area (Å²) in [6.07, 6.45) is 3.55. The lowest BCUT2D eigenvalue weighted by molar-refractivity contribution is 0.0962. The molecule has 0 aliphatic carbocycles. The summed E-state index contributed by atoms with van der Waals surface area (Å²) in [5.74, 6) is 0.295. The molecular weight excluding hydrogens is 379 g/mol. The summed E-state index contributed by atoms with van der Waals surface area (Å²) in [5.41, 5.74) is 11.8. The Labute approximate surface area is 160 Å². The molecule has 1 aliphatic heterocycles. The lowest BCUT2D eigenvalue weighted by Gasteiger charge is -2.15. The fraction of sp³-hybridized carbons (Fsp3) is 0.312. The predicted molar refractivity (Wildman–Crippen MR) is 101 cm³/mol. The normalized spacial score (nSPS) is 16.3. The standard InChI is InChI=1S/C16H18Cl2N6O2/c17-9-3-4-11(12(18)6-9)16(25)24-23-15-13(19)14(21-8-22-15)20-7-10-2-1-5-26-10/h3-4,6,8,10H,1-2,5,7,19H2,(H,24,25)(H2,20,21,22,23). The summed E-state index contributed by atoms with van der Waals surface area (Å²) in [5, 5.41) is 3.83. The summed E-state index contributed by atoms with van der Waals surface area (Å²) in [4.78, 5) is 20.4. The van der Waals surface area contributed by atoms with Crippen LogP contribution in [-0.2, 0) is 4.74 Å². The van der Waals surface area contributed by atoms with Crippen molar-refractivity contribution in [3.63, 3.8) is 0 Å². The molecule has 2 heterocycles. The molecule has 0 bridgehead atoms. The Kier molecular flexibility index (Phi) is 5.97. The molecule has 26 heavy (non-hydrogen) atoms. The van der Waals surface area contributed by atoms with Crippen LogP contribution in [0, 0.1) is 0 Å². The lowest BCUT2D eigenvalue weighted by Crippen LogP contribution is -2.30. The van der Waals surface area contributed by atoms with E-state index in [2.05, 4.69) is 26.1 Å². The van der Waals surface area contributed by atoms with Crippen molar-refractivity contribution in [1.29, 1.82) is 0 Å². The number of benzene rings is 1. The molecular formula is C16H18Cl2N6O2. The number of amides is 1. The van der Waals surface area contributed by atoms with Gasteiger partial charge in [0.1, 0.15) is 12.0 Å². The summed E-state index contributed by atoms with van der Waals surface area (Å²) in [7, 11) is 0. The van der Waals surface area contributed by atoms with E-state index in [1.807, 2.05) is 0 Å². The Morgan fingerprint density at radius 1 is 1.31 bits per heavy atom. The molecule has 8 nitrogen and oxygen atoms in total. The molecule has 1 aromatic carbocycles. The van der Waals surface area contributed by atoms with E-state index in [4.69, 9.17) is 33.7 Å². The highest BCUT2D eigenvalue weighted by atomic mass is 35.5. The molecule has 0 radical (unpaired) electrons. The van der Waals surface area contributed by atoms with E-state index < -0.39 is 5.91 Å². The topological polar surface area (TPSA) is 114 Å². The molecule has 1 fully saturated rings. The van der Waals surface area contributed by atoms with Crippen molar-refractivity contribution in [2.24, 2.45) is 0 Å². The first-order valence-corrected chi connectivity index (χ1v) is 8.77. The summed E-state index contributed by atoms with van der Waals surface area (Å²) >= 11 is 11.8. The molecule has 10 heteroatoms. The maximum Gasteiger partial charge on any atom is 0.271 e. The third-order valence-corrected chi connectivity index (χ3v) is 4.42. The van der Waals surface area contributed by atoms with Crippen LogP contribution >= 0.6 is 23.2 Å². The SMILES string of the molecule is Nc1c(NCC2CCCO2)ncnc1NNC(=O)c1ccc(Cl)cc1Cl. The third kappa shape index (κ3) is 4.46. The van der Waals surface area contributed by atoms with Crippen LogP contribution in [0.5, 0.6) is 0 Å². The first-order chi connectivity index (χ1) is 12.5. The van der Waals surface area contributed by atoms with E-state index in [0.29, 0.717) is 17.4 Å². The van der Waals surface area contributed by atoms with Crippen LogP contribution in [0.4, 0.5) is 17.3 Å². The zero-order chi connectivity index (χ0) is 18.5. The van der Waals surface area contributed by atoms with Crippen LogP contribution in [0.1, 0.15) is 23.2 Å². The number of anilines is 3. The zero-order valence-electron chi connectivity index (χ0n) is 13.8. The van der Waals surface area contributed by atoms with Gasteiger partial charge in [0.25, 0.3) is 5.91 Å². The average Bonchev–Trinajstić information content (AvgIpc) is 3.13. The van der Waals surface area contributed by atoms with Gasteiger partial charge in [0, 0.05) is 18.2 Å². The highest BCUT2D eigenvalue weighted by molar-refractivity contribution is 6.36. The highest BCUT2D eigenvalue weighted by Gasteiger charge is 2.17. The number of nitrogens with two attached hydrogens (primary N) is 1. The van der Waals surface area contributed by atoms with Crippen molar-refractivity contribution < 1.29 is 9.53 Å². The van der Waals surface area contributed by atoms with Crippen molar-refractivity contribution in [2.45, 2.75) is 18.9 Å². The highest BCUT2D eigenvalue weighted by Crippen LogP contribution is 2.24. The van der Waals surface area contributed by atoms with E-state index >= 15 is 0 Å². The number of nitrogens with zero attached hydrogens (tertiary/aromatic N) is 2. The number of carbonyl (C=O) groups is 1. The molecule has 0 spiro atoms.